The SMILES string of the molecule is O=C(O)C[C@@H]1CN(C(=O)c2ccc3c(c2)CCC3)CCO1. The molecule has 1 saturated heterocycles. The van der Waals surface area contributed by atoms with Crippen molar-refractivity contribution in [2.24, 2.45) is 0 Å². The molecule has 2 aliphatic rings. The molecule has 112 valence electrons. The summed E-state index contributed by atoms with van der Waals surface area (Å²) < 4.78 is 5.40. The summed E-state index contributed by atoms with van der Waals surface area (Å²) in [5, 5.41) is 8.83. The van der Waals surface area contributed by atoms with Crippen LogP contribution in [0.5, 0.6) is 0 Å². The molecule has 1 aliphatic heterocycles. The van der Waals surface area contributed by atoms with Crippen molar-refractivity contribution in [3.8, 4) is 0 Å². The van der Waals surface area contributed by atoms with Crippen LogP contribution in [-0.2, 0) is 22.4 Å². The second kappa shape index (κ2) is 5.85. The molecule has 5 heteroatoms. The van der Waals surface area contributed by atoms with Crippen LogP contribution in [0.3, 0.4) is 0 Å². The van der Waals surface area contributed by atoms with Crippen molar-refractivity contribution in [2.45, 2.75) is 31.8 Å². The smallest absolute Gasteiger partial charge is 0.306 e. The average Bonchev–Trinajstić information content (AvgIpc) is 2.93. The van der Waals surface area contributed by atoms with E-state index in [1.807, 2.05) is 18.2 Å². The number of hydrogen-bond acceptors (Lipinski definition) is 3. The molecule has 21 heavy (non-hydrogen) atoms. The van der Waals surface area contributed by atoms with Gasteiger partial charge in [0, 0.05) is 18.7 Å². The van der Waals surface area contributed by atoms with Crippen LogP contribution in [0, 0.1) is 0 Å². The molecular formula is C16H19NO4. The Hall–Kier alpha value is -1.88. The highest BCUT2D eigenvalue weighted by atomic mass is 16.5. The summed E-state index contributed by atoms with van der Waals surface area (Å²) in [6.45, 7) is 1.27. The number of carbonyl (C=O) groups excluding carboxylic acids is 1. The molecule has 1 aromatic rings. The Morgan fingerprint density at radius 1 is 1.29 bits per heavy atom. The van der Waals surface area contributed by atoms with E-state index in [4.69, 9.17) is 9.84 Å². The van der Waals surface area contributed by atoms with Crippen molar-refractivity contribution in [2.75, 3.05) is 19.7 Å². The third-order valence-electron chi connectivity index (χ3n) is 4.17. The molecule has 3 rings (SSSR count). The molecule has 1 N–H and O–H groups in total. The maximum atomic E-state index is 12.6. The quantitative estimate of drug-likeness (QED) is 0.915. The monoisotopic (exact) mass is 289 g/mol. The molecule has 1 fully saturated rings. The molecule has 1 heterocycles. The second-order valence-electron chi connectivity index (χ2n) is 5.68. The van der Waals surface area contributed by atoms with Gasteiger partial charge in [-0.2, -0.15) is 0 Å². The molecule has 5 nitrogen and oxygen atoms in total. The van der Waals surface area contributed by atoms with Gasteiger partial charge in [0.15, 0.2) is 0 Å². The molecular weight excluding hydrogens is 270 g/mol. The van der Waals surface area contributed by atoms with Gasteiger partial charge in [-0.25, -0.2) is 0 Å². The van der Waals surface area contributed by atoms with Gasteiger partial charge in [0.05, 0.1) is 19.1 Å². The van der Waals surface area contributed by atoms with Crippen molar-refractivity contribution >= 4 is 11.9 Å². The third-order valence-corrected chi connectivity index (χ3v) is 4.17. The van der Waals surface area contributed by atoms with Crippen molar-refractivity contribution in [3.05, 3.63) is 34.9 Å². The Labute approximate surface area is 123 Å². The number of fused-ring (bicyclic) bond motifs is 1. The maximum absolute atomic E-state index is 12.6. The van der Waals surface area contributed by atoms with E-state index in [2.05, 4.69) is 0 Å². The van der Waals surface area contributed by atoms with E-state index in [0.717, 1.165) is 19.3 Å². The topological polar surface area (TPSA) is 66.8 Å². The van der Waals surface area contributed by atoms with Crippen molar-refractivity contribution in [1.82, 2.24) is 4.90 Å². The number of aryl methyl sites for hydroxylation is 2. The molecule has 0 aromatic heterocycles. The summed E-state index contributed by atoms with van der Waals surface area (Å²) >= 11 is 0. The van der Waals surface area contributed by atoms with Gasteiger partial charge in [-0.1, -0.05) is 6.07 Å². The molecule has 0 bridgehead atoms. The molecule has 1 amide bonds. The van der Waals surface area contributed by atoms with Gasteiger partial charge in [-0.3, -0.25) is 9.59 Å². The maximum Gasteiger partial charge on any atom is 0.306 e. The summed E-state index contributed by atoms with van der Waals surface area (Å²) in [6.07, 6.45) is 2.83. The number of carbonyl (C=O) groups is 2. The van der Waals surface area contributed by atoms with Gasteiger partial charge >= 0.3 is 5.97 Å². The fraction of sp³-hybridized carbons (Fsp3) is 0.500. The van der Waals surface area contributed by atoms with Gasteiger partial charge in [0.2, 0.25) is 0 Å². The zero-order chi connectivity index (χ0) is 14.8. The van der Waals surface area contributed by atoms with Crippen molar-refractivity contribution < 1.29 is 19.4 Å². The molecule has 1 aromatic carbocycles. The molecule has 0 unspecified atom stereocenters. The fourth-order valence-electron chi connectivity index (χ4n) is 3.11. The van der Waals surface area contributed by atoms with Crippen LogP contribution in [0.1, 0.15) is 34.3 Å². The zero-order valence-electron chi connectivity index (χ0n) is 11.9. The van der Waals surface area contributed by atoms with Gasteiger partial charge in [0.25, 0.3) is 5.91 Å². The van der Waals surface area contributed by atoms with Crippen LogP contribution in [0.25, 0.3) is 0 Å². The first kappa shape index (κ1) is 14.1. The highest BCUT2D eigenvalue weighted by molar-refractivity contribution is 5.94. The number of benzene rings is 1. The highest BCUT2D eigenvalue weighted by Gasteiger charge is 2.27. The molecule has 0 radical (unpaired) electrons. The summed E-state index contributed by atoms with van der Waals surface area (Å²) in [5.74, 6) is -0.921. The Morgan fingerprint density at radius 3 is 2.90 bits per heavy atom. The van der Waals surface area contributed by atoms with Crippen LogP contribution in [0.15, 0.2) is 18.2 Å². The number of amides is 1. The number of carboxylic acids is 1. The number of carboxylic acid groups (broad SMARTS) is 1. The Balaban J connectivity index is 1.71. The summed E-state index contributed by atoms with van der Waals surface area (Å²) in [6, 6.07) is 5.92. The first-order valence-corrected chi connectivity index (χ1v) is 7.38. The molecule has 1 aliphatic carbocycles. The predicted molar refractivity (Wildman–Crippen MR) is 76.4 cm³/mol. The summed E-state index contributed by atoms with van der Waals surface area (Å²) in [4.78, 5) is 25.0. The largest absolute Gasteiger partial charge is 0.481 e. The Bertz CT molecular complexity index is 569. The number of aliphatic carboxylic acids is 1. The lowest BCUT2D eigenvalue weighted by molar-refractivity contribution is -0.141. The van der Waals surface area contributed by atoms with Gasteiger partial charge in [-0.05, 0) is 42.5 Å². The van der Waals surface area contributed by atoms with Crippen molar-refractivity contribution in [1.29, 1.82) is 0 Å². The van der Waals surface area contributed by atoms with E-state index in [-0.39, 0.29) is 12.3 Å². The van der Waals surface area contributed by atoms with E-state index < -0.39 is 12.1 Å². The lowest BCUT2D eigenvalue weighted by Gasteiger charge is -2.32. The van der Waals surface area contributed by atoms with Crippen molar-refractivity contribution in [3.63, 3.8) is 0 Å². The summed E-state index contributed by atoms with van der Waals surface area (Å²) in [7, 11) is 0. The van der Waals surface area contributed by atoms with Crippen LogP contribution < -0.4 is 0 Å². The number of hydrogen-bond donors (Lipinski definition) is 1. The van der Waals surface area contributed by atoms with Crippen LogP contribution >= 0.6 is 0 Å². The normalized spacial score (nSPS) is 21.1. The number of rotatable bonds is 3. The fourth-order valence-corrected chi connectivity index (χ4v) is 3.11. The predicted octanol–water partition coefficient (Wildman–Crippen LogP) is 1.49. The molecule has 1 atom stereocenters. The van der Waals surface area contributed by atoms with E-state index in [9.17, 15) is 9.59 Å². The van der Waals surface area contributed by atoms with Gasteiger partial charge < -0.3 is 14.7 Å². The number of ether oxygens (including phenoxy) is 1. The second-order valence-corrected chi connectivity index (χ2v) is 5.68. The zero-order valence-corrected chi connectivity index (χ0v) is 11.9. The van der Waals surface area contributed by atoms with Crippen LogP contribution in [-0.4, -0.2) is 47.7 Å². The van der Waals surface area contributed by atoms with Crippen LogP contribution in [0.4, 0.5) is 0 Å². The van der Waals surface area contributed by atoms with E-state index in [1.54, 1.807) is 4.90 Å². The minimum absolute atomic E-state index is 0.0246. The average molecular weight is 289 g/mol. The first-order valence-electron chi connectivity index (χ1n) is 7.38. The summed E-state index contributed by atoms with van der Waals surface area (Å²) in [5.41, 5.74) is 3.32. The standard InChI is InChI=1S/C16H19NO4/c18-15(19)9-14-10-17(6-7-21-14)16(20)13-5-4-11-2-1-3-12(11)8-13/h4-5,8,14H,1-3,6-7,9-10H2,(H,18,19)/t14-/m1/s1. The Kier molecular flexibility index (Phi) is 3.92. The third kappa shape index (κ3) is 3.08. The van der Waals surface area contributed by atoms with Gasteiger partial charge in [-0.15, -0.1) is 0 Å². The highest BCUT2D eigenvalue weighted by Crippen LogP contribution is 2.24. The first-order chi connectivity index (χ1) is 10.1. The van der Waals surface area contributed by atoms with Gasteiger partial charge in [0.1, 0.15) is 0 Å². The van der Waals surface area contributed by atoms with E-state index >= 15 is 0 Å². The minimum Gasteiger partial charge on any atom is -0.481 e. The lowest BCUT2D eigenvalue weighted by atomic mass is 10.0. The minimum atomic E-state index is -0.896. The van der Waals surface area contributed by atoms with E-state index in [1.165, 1.54) is 11.1 Å². The molecule has 0 spiro atoms. The number of morpholine rings is 1. The lowest BCUT2D eigenvalue weighted by Crippen LogP contribution is -2.46. The molecule has 0 saturated carbocycles. The van der Waals surface area contributed by atoms with E-state index in [0.29, 0.717) is 25.3 Å². The Morgan fingerprint density at radius 2 is 2.10 bits per heavy atom. The van der Waals surface area contributed by atoms with Crippen LogP contribution in [0.2, 0.25) is 0 Å². The number of nitrogens with zero attached hydrogens (tertiary/aromatic N) is 1.